The standard InChI is InChI=1S/C19H24N2O4S2/c1-13-3-8-17-14(11-13)12-18(26-17)19(22)20-9-10-21-27(23,24)16-6-4-15(25-2)5-7-16/h4-7,12-13,21H,3,8-11H2,1-2H3,(H,20,22). The van der Waals surface area contributed by atoms with Crippen molar-refractivity contribution in [2.24, 2.45) is 5.92 Å². The first-order chi connectivity index (χ1) is 12.9. The molecule has 0 saturated carbocycles. The number of ether oxygens (including phenoxy) is 1. The van der Waals surface area contributed by atoms with E-state index in [1.807, 2.05) is 6.07 Å². The molecule has 2 N–H and O–H groups in total. The molecular formula is C19H24N2O4S2. The Balaban J connectivity index is 1.50. The zero-order valence-electron chi connectivity index (χ0n) is 15.4. The minimum Gasteiger partial charge on any atom is -0.497 e. The Morgan fingerprint density at radius 1 is 1.26 bits per heavy atom. The van der Waals surface area contributed by atoms with Gasteiger partial charge < -0.3 is 10.1 Å². The molecule has 0 aliphatic heterocycles. The summed E-state index contributed by atoms with van der Waals surface area (Å²) in [6.45, 7) is 2.59. The van der Waals surface area contributed by atoms with E-state index >= 15 is 0 Å². The van der Waals surface area contributed by atoms with Crippen LogP contribution in [0.5, 0.6) is 5.75 Å². The predicted molar refractivity (Wildman–Crippen MR) is 106 cm³/mol. The van der Waals surface area contributed by atoms with Gasteiger partial charge in [0.15, 0.2) is 0 Å². The second kappa shape index (κ2) is 8.41. The van der Waals surface area contributed by atoms with E-state index < -0.39 is 10.0 Å². The molecule has 1 unspecified atom stereocenters. The summed E-state index contributed by atoms with van der Waals surface area (Å²) in [5, 5.41) is 2.79. The van der Waals surface area contributed by atoms with E-state index in [0.29, 0.717) is 16.5 Å². The number of carbonyl (C=O) groups excluding carboxylic acids is 1. The predicted octanol–water partition coefficient (Wildman–Crippen LogP) is 2.59. The van der Waals surface area contributed by atoms with Crippen LogP contribution in [-0.4, -0.2) is 34.5 Å². The number of thiophene rings is 1. The second-order valence-corrected chi connectivity index (χ2v) is 9.64. The normalized spacial score (nSPS) is 16.6. The molecule has 27 heavy (non-hydrogen) atoms. The number of hydrogen-bond donors (Lipinski definition) is 2. The monoisotopic (exact) mass is 408 g/mol. The number of nitrogens with one attached hydrogen (secondary N) is 2. The van der Waals surface area contributed by atoms with Gasteiger partial charge in [0.1, 0.15) is 5.75 Å². The van der Waals surface area contributed by atoms with Gasteiger partial charge in [-0.1, -0.05) is 6.92 Å². The molecule has 0 fully saturated rings. The molecular weight excluding hydrogens is 384 g/mol. The lowest BCUT2D eigenvalue weighted by Crippen LogP contribution is -2.34. The van der Waals surface area contributed by atoms with Gasteiger partial charge in [-0.15, -0.1) is 11.3 Å². The Labute approximate surface area is 164 Å². The number of methoxy groups -OCH3 is 1. The van der Waals surface area contributed by atoms with Gasteiger partial charge in [-0.25, -0.2) is 13.1 Å². The van der Waals surface area contributed by atoms with Crippen molar-refractivity contribution in [1.29, 1.82) is 0 Å². The topological polar surface area (TPSA) is 84.5 Å². The number of benzene rings is 1. The highest BCUT2D eigenvalue weighted by Gasteiger charge is 2.20. The van der Waals surface area contributed by atoms with Crippen LogP contribution in [0, 0.1) is 5.92 Å². The Morgan fingerprint density at radius 2 is 2.00 bits per heavy atom. The summed E-state index contributed by atoms with van der Waals surface area (Å²) < 4.78 is 32.0. The summed E-state index contributed by atoms with van der Waals surface area (Å²) in [6.07, 6.45) is 3.23. The van der Waals surface area contributed by atoms with Crippen molar-refractivity contribution in [2.45, 2.75) is 31.1 Å². The summed E-state index contributed by atoms with van der Waals surface area (Å²) >= 11 is 1.55. The van der Waals surface area contributed by atoms with Crippen LogP contribution in [0.25, 0.3) is 0 Å². The fraction of sp³-hybridized carbons (Fsp3) is 0.421. The van der Waals surface area contributed by atoms with Crippen LogP contribution in [0.1, 0.15) is 33.5 Å². The molecule has 146 valence electrons. The van der Waals surface area contributed by atoms with Crippen LogP contribution in [-0.2, 0) is 22.9 Å². The molecule has 1 aliphatic rings. The van der Waals surface area contributed by atoms with E-state index in [0.717, 1.165) is 12.8 Å². The molecule has 2 aromatic rings. The summed E-state index contributed by atoms with van der Waals surface area (Å²) in [6, 6.07) is 8.13. The molecule has 1 amide bonds. The summed E-state index contributed by atoms with van der Waals surface area (Å²) in [5.74, 6) is 1.11. The number of amides is 1. The fourth-order valence-corrected chi connectivity index (χ4v) is 5.26. The second-order valence-electron chi connectivity index (χ2n) is 6.74. The first kappa shape index (κ1) is 19.9. The van der Waals surface area contributed by atoms with Crippen molar-refractivity contribution in [3.8, 4) is 5.75 Å². The van der Waals surface area contributed by atoms with Gasteiger partial charge in [0.05, 0.1) is 16.9 Å². The highest BCUT2D eigenvalue weighted by atomic mass is 32.2. The number of hydrogen-bond acceptors (Lipinski definition) is 5. The van der Waals surface area contributed by atoms with E-state index in [9.17, 15) is 13.2 Å². The average molecular weight is 409 g/mol. The molecule has 0 saturated heterocycles. The largest absolute Gasteiger partial charge is 0.497 e. The van der Waals surface area contributed by atoms with Gasteiger partial charge >= 0.3 is 0 Å². The maximum absolute atomic E-state index is 12.3. The van der Waals surface area contributed by atoms with Crippen LogP contribution in [0.15, 0.2) is 35.2 Å². The molecule has 1 aromatic heterocycles. The first-order valence-electron chi connectivity index (χ1n) is 8.92. The molecule has 1 heterocycles. The quantitative estimate of drug-likeness (QED) is 0.690. The van der Waals surface area contributed by atoms with Crippen LogP contribution >= 0.6 is 11.3 Å². The molecule has 1 atom stereocenters. The van der Waals surface area contributed by atoms with E-state index in [2.05, 4.69) is 17.0 Å². The Hall–Kier alpha value is -1.90. The number of carbonyl (C=O) groups is 1. The molecule has 3 rings (SSSR count). The van der Waals surface area contributed by atoms with Gasteiger partial charge in [-0.3, -0.25) is 4.79 Å². The van der Waals surface area contributed by atoms with Gasteiger partial charge in [0, 0.05) is 18.0 Å². The van der Waals surface area contributed by atoms with Gasteiger partial charge in [-0.2, -0.15) is 0 Å². The number of sulfonamides is 1. The third kappa shape index (κ3) is 4.88. The lowest BCUT2D eigenvalue weighted by atomic mass is 9.90. The lowest BCUT2D eigenvalue weighted by molar-refractivity contribution is 0.0958. The third-order valence-electron chi connectivity index (χ3n) is 4.63. The summed E-state index contributed by atoms with van der Waals surface area (Å²) in [4.78, 5) is 14.5. The summed E-state index contributed by atoms with van der Waals surface area (Å²) in [5.41, 5.74) is 1.28. The molecule has 0 radical (unpaired) electrons. The van der Waals surface area contributed by atoms with Crippen molar-refractivity contribution < 1.29 is 17.9 Å². The van der Waals surface area contributed by atoms with Crippen LogP contribution in [0.2, 0.25) is 0 Å². The Kier molecular flexibility index (Phi) is 6.18. The van der Waals surface area contributed by atoms with Crippen molar-refractivity contribution >= 4 is 27.3 Å². The lowest BCUT2D eigenvalue weighted by Gasteiger charge is -2.16. The molecule has 0 bridgehead atoms. The van der Waals surface area contributed by atoms with Crippen LogP contribution in [0.4, 0.5) is 0 Å². The highest BCUT2D eigenvalue weighted by molar-refractivity contribution is 7.89. The van der Waals surface area contributed by atoms with E-state index in [1.165, 1.54) is 36.1 Å². The summed E-state index contributed by atoms with van der Waals surface area (Å²) in [7, 11) is -2.09. The molecule has 8 heteroatoms. The van der Waals surface area contributed by atoms with E-state index in [-0.39, 0.29) is 23.9 Å². The zero-order chi connectivity index (χ0) is 19.4. The SMILES string of the molecule is COc1ccc(S(=O)(=O)NCCNC(=O)c2cc3c(s2)CCC(C)C3)cc1. The molecule has 0 spiro atoms. The minimum absolute atomic E-state index is 0.127. The van der Waals surface area contributed by atoms with E-state index in [4.69, 9.17) is 4.74 Å². The van der Waals surface area contributed by atoms with Crippen molar-refractivity contribution in [3.05, 3.63) is 45.6 Å². The molecule has 1 aliphatic carbocycles. The van der Waals surface area contributed by atoms with Crippen LogP contribution < -0.4 is 14.8 Å². The number of fused-ring (bicyclic) bond motifs is 1. The van der Waals surface area contributed by atoms with Crippen molar-refractivity contribution in [1.82, 2.24) is 10.0 Å². The maximum Gasteiger partial charge on any atom is 0.261 e. The highest BCUT2D eigenvalue weighted by Crippen LogP contribution is 2.32. The van der Waals surface area contributed by atoms with Crippen molar-refractivity contribution in [3.63, 3.8) is 0 Å². The number of rotatable bonds is 7. The molecule has 1 aromatic carbocycles. The van der Waals surface area contributed by atoms with Crippen LogP contribution in [0.3, 0.4) is 0 Å². The Bertz CT molecular complexity index is 904. The zero-order valence-corrected chi connectivity index (χ0v) is 17.1. The number of aryl methyl sites for hydroxylation is 1. The maximum atomic E-state index is 12.3. The third-order valence-corrected chi connectivity index (χ3v) is 7.34. The Morgan fingerprint density at radius 3 is 2.70 bits per heavy atom. The van der Waals surface area contributed by atoms with Gasteiger partial charge in [0.25, 0.3) is 5.91 Å². The fourth-order valence-electron chi connectivity index (χ4n) is 3.10. The van der Waals surface area contributed by atoms with Gasteiger partial charge in [0.2, 0.25) is 10.0 Å². The smallest absolute Gasteiger partial charge is 0.261 e. The molecule has 6 nitrogen and oxygen atoms in total. The average Bonchev–Trinajstić information content (AvgIpc) is 3.08. The van der Waals surface area contributed by atoms with Crippen molar-refractivity contribution in [2.75, 3.05) is 20.2 Å². The first-order valence-corrected chi connectivity index (χ1v) is 11.2. The van der Waals surface area contributed by atoms with Gasteiger partial charge in [-0.05, 0) is 61.1 Å². The van der Waals surface area contributed by atoms with E-state index in [1.54, 1.807) is 23.5 Å². The minimum atomic E-state index is -3.61.